The lowest BCUT2D eigenvalue weighted by Gasteiger charge is -2.09. The number of pyridine rings is 1. The number of benzene rings is 1. The van der Waals surface area contributed by atoms with E-state index in [1.165, 1.54) is 0 Å². The Morgan fingerprint density at radius 3 is 2.79 bits per heavy atom. The highest BCUT2D eigenvalue weighted by Gasteiger charge is 2.05. The van der Waals surface area contributed by atoms with Crippen LogP contribution in [0.25, 0.3) is 10.9 Å². The van der Waals surface area contributed by atoms with Gasteiger partial charge in [0.15, 0.2) is 0 Å². The van der Waals surface area contributed by atoms with Crippen molar-refractivity contribution >= 4 is 16.9 Å². The van der Waals surface area contributed by atoms with E-state index in [9.17, 15) is 9.90 Å². The standard InChI is InChI=1S/C11H9NO2/c1-7-6-12-9-5-3-2-4-8(9)10(7)11(13)14/h2-6H,1H3,(H,13,14)/p-1. The minimum absolute atomic E-state index is 0.232. The normalized spacial score (nSPS) is 10.4. The maximum absolute atomic E-state index is 10.9. The quantitative estimate of drug-likeness (QED) is 0.665. The van der Waals surface area contributed by atoms with Crippen LogP contribution in [0.2, 0.25) is 0 Å². The predicted molar refractivity (Wildman–Crippen MR) is 50.8 cm³/mol. The van der Waals surface area contributed by atoms with E-state index in [-0.39, 0.29) is 5.56 Å². The van der Waals surface area contributed by atoms with Crippen molar-refractivity contribution in [3.8, 4) is 0 Å². The molecule has 0 aliphatic heterocycles. The van der Waals surface area contributed by atoms with Crippen molar-refractivity contribution in [3.63, 3.8) is 0 Å². The number of aromatic nitrogens is 1. The van der Waals surface area contributed by atoms with E-state index in [4.69, 9.17) is 0 Å². The Hall–Kier alpha value is -1.90. The molecule has 3 nitrogen and oxygen atoms in total. The lowest BCUT2D eigenvalue weighted by Crippen LogP contribution is -2.23. The minimum Gasteiger partial charge on any atom is -0.545 e. The molecular formula is C11H8NO2-. The summed E-state index contributed by atoms with van der Waals surface area (Å²) in [6.45, 7) is 1.71. The van der Waals surface area contributed by atoms with Crippen LogP contribution in [0.15, 0.2) is 30.5 Å². The summed E-state index contributed by atoms with van der Waals surface area (Å²) in [5, 5.41) is 11.5. The highest BCUT2D eigenvalue weighted by molar-refractivity contribution is 6.02. The summed E-state index contributed by atoms with van der Waals surface area (Å²) < 4.78 is 0. The summed E-state index contributed by atoms with van der Waals surface area (Å²) in [5.74, 6) is -1.15. The first-order valence-electron chi connectivity index (χ1n) is 4.26. The second-order valence-electron chi connectivity index (χ2n) is 3.12. The summed E-state index contributed by atoms with van der Waals surface area (Å²) in [5.41, 5.74) is 1.54. The van der Waals surface area contributed by atoms with E-state index in [1.807, 2.05) is 6.07 Å². The molecule has 3 heteroatoms. The zero-order chi connectivity index (χ0) is 10.1. The Labute approximate surface area is 81.0 Å². The first kappa shape index (κ1) is 8.69. The molecule has 0 saturated heterocycles. The van der Waals surface area contributed by atoms with Crippen LogP contribution >= 0.6 is 0 Å². The number of carboxylic acid groups (broad SMARTS) is 1. The number of para-hydroxylation sites is 1. The van der Waals surface area contributed by atoms with E-state index >= 15 is 0 Å². The molecule has 0 spiro atoms. The molecule has 0 aliphatic carbocycles. The smallest absolute Gasteiger partial charge is 0.0725 e. The van der Waals surface area contributed by atoms with Gasteiger partial charge in [0.05, 0.1) is 11.5 Å². The van der Waals surface area contributed by atoms with Gasteiger partial charge < -0.3 is 9.90 Å². The highest BCUT2D eigenvalue weighted by atomic mass is 16.4. The van der Waals surface area contributed by atoms with Crippen molar-refractivity contribution in [1.29, 1.82) is 0 Å². The van der Waals surface area contributed by atoms with Gasteiger partial charge in [0, 0.05) is 17.1 Å². The Balaban J connectivity index is 2.90. The van der Waals surface area contributed by atoms with Gasteiger partial charge in [-0.1, -0.05) is 18.2 Å². The lowest BCUT2D eigenvalue weighted by molar-refractivity contribution is -0.254. The zero-order valence-electron chi connectivity index (χ0n) is 7.65. The van der Waals surface area contributed by atoms with Crippen molar-refractivity contribution in [2.45, 2.75) is 6.92 Å². The van der Waals surface area contributed by atoms with E-state index in [0.717, 1.165) is 0 Å². The molecule has 2 rings (SSSR count). The van der Waals surface area contributed by atoms with Gasteiger partial charge in [-0.15, -0.1) is 0 Å². The molecule has 70 valence electrons. The summed E-state index contributed by atoms with van der Waals surface area (Å²) in [7, 11) is 0. The average Bonchev–Trinajstić information content (AvgIpc) is 2.17. The topological polar surface area (TPSA) is 53.0 Å². The Kier molecular flexibility index (Phi) is 1.93. The molecule has 2 aromatic rings. The minimum atomic E-state index is -1.15. The average molecular weight is 186 g/mol. The maximum atomic E-state index is 10.9. The number of aryl methyl sites for hydroxylation is 1. The van der Waals surface area contributed by atoms with E-state index < -0.39 is 5.97 Å². The SMILES string of the molecule is Cc1cnc2ccccc2c1C(=O)[O-]. The van der Waals surface area contributed by atoms with Crippen LogP contribution in [0.1, 0.15) is 15.9 Å². The predicted octanol–water partition coefficient (Wildman–Crippen LogP) is 0.907. The molecule has 0 bridgehead atoms. The lowest BCUT2D eigenvalue weighted by atomic mass is 10.1. The molecule has 0 radical (unpaired) electrons. The number of hydrogen-bond donors (Lipinski definition) is 0. The van der Waals surface area contributed by atoms with Gasteiger partial charge in [0.2, 0.25) is 0 Å². The van der Waals surface area contributed by atoms with E-state index in [2.05, 4.69) is 4.98 Å². The molecule has 0 aliphatic rings. The van der Waals surface area contributed by atoms with Crippen molar-refractivity contribution in [1.82, 2.24) is 4.98 Å². The van der Waals surface area contributed by atoms with E-state index in [0.29, 0.717) is 16.5 Å². The fourth-order valence-electron chi connectivity index (χ4n) is 1.51. The van der Waals surface area contributed by atoms with Crippen molar-refractivity contribution < 1.29 is 9.90 Å². The first-order valence-corrected chi connectivity index (χ1v) is 4.26. The van der Waals surface area contributed by atoms with Crippen molar-refractivity contribution in [3.05, 3.63) is 41.6 Å². The zero-order valence-corrected chi connectivity index (χ0v) is 7.65. The summed E-state index contributed by atoms with van der Waals surface area (Å²) in [6, 6.07) is 7.13. The Morgan fingerprint density at radius 2 is 2.07 bits per heavy atom. The number of rotatable bonds is 1. The number of carboxylic acids is 1. The third-order valence-corrected chi connectivity index (χ3v) is 2.17. The van der Waals surface area contributed by atoms with Crippen LogP contribution in [0.3, 0.4) is 0 Å². The molecular weight excluding hydrogens is 178 g/mol. The molecule has 1 aromatic carbocycles. The summed E-state index contributed by atoms with van der Waals surface area (Å²) >= 11 is 0. The highest BCUT2D eigenvalue weighted by Crippen LogP contribution is 2.18. The van der Waals surface area contributed by atoms with Gasteiger partial charge in [0.1, 0.15) is 0 Å². The summed E-state index contributed by atoms with van der Waals surface area (Å²) in [4.78, 5) is 15.0. The molecule has 0 N–H and O–H groups in total. The van der Waals surface area contributed by atoms with E-state index in [1.54, 1.807) is 31.3 Å². The van der Waals surface area contributed by atoms with Crippen molar-refractivity contribution in [2.75, 3.05) is 0 Å². The van der Waals surface area contributed by atoms with Crippen LogP contribution in [0.4, 0.5) is 0 Å². The second kappa shape index (κ2) is 3.10. The number of nitrogens with zero attached hydrogens (tertiary/aromatic N) is 1. The van der Waals surface area contributed by atoms with Crippen LogP contribution in [-0.2, 0) is 0 Å². The molecule has 1 heterocycles. The number of aromatic carboxylic acids is 1. The fraction of sp³-hybridized carbons (Fsp3) is 0.0909. The third-order valence-electron chi connectivity index (χ3n) is 2.17. The van der Waals surface area contributed by atoms with Crippen LogP contribution < -0.4 is 5.11 Å². The molecule has 0 amide bonds. The van der Waals surface area contributed by atoms with Crippen molar-refractivity contribution in [2.24, 2.45) is 0 Å². The van der Waals surface area contributed by atoms with Gasteiger partial charge in [-0.05, 0) is 18.6 Å². The number of carbonyl (C=O) groups is 1. The summed E-state index contributed by atoms with van der Waals surface area (Å²) in [6.07, 6.45) is 1.55. The Bertz CT molecular complexity index is 506. The largest absolute Gasteiger partial charge is 0.545 e. The maximum Gasteiger partial charge on any atom is 0.0725 e. The fourth-order valence-corrected chi connectivity index (χ4v) is 1.51. The van der Waals surface area contributed by atoms with Crippen LogP contribution in [0.5, 0.6) is 0 Å². The van der Waals surface area contributed by atoms with Gasteiger partial charge >= 0.3 is 0 Å². The first-order chi connectivity index (χ1) is 6.70. The van der Waals surface area contributed by atoms with Crippen LogP contribution in [-0.4, -0.2) is 11.0 Å². The Morgan fingerprint density at radius 1 is 1.36 bits per heavy atom. The monoisotopic (exact) mass is 186 g/mol. The van der Waals surface area contributed by atoms with Gasteiger partial charge in [-0.25, -0.2) is 0 Å². The van der Waals surface area contributed by atoms with Gasteiger partial charge in [-0.3, -0.25) is 4.98 Å². The molecule has 0 saturated carbocycles. The van der Waals surface area contributed by atoms with Crippen LogP contribution in [0, 0.1) is 6.92 Å². The number of hydrogen-bond acceptors (Lipinski definition) is 3. The second-order valence-corrected chi connectivity index (χ2v) is 3.12. The molecule has 14 heavy (non-hydrogen) atoms. The molecule has 1 aromatic heterocycles. The number of fused-ring (bicyclic) bond motifs is 1. The third kappa shape index (κ3) is 1.23. The van der Waals surface area contributed by atoms with Gasteiger partial charge in [0.25, 0.3) is 0 Å². The molecule has 0 atom stereocenters. The molecule has 0 fully saturated rings. The number of carbonyl (C=O) groups excluding carboxylic acids is 1. The van der Waals surface area contributed by atoms with Gasteiger partial charge in [-0.2, -0.15) is 0 Å². The molecule has 0 unspecified atom stereocenters.